The molecule has 1 unspecified atom stereocenters. The summed E-state index contributed by atoms with van der Waals surface area (Å²) < 4.78 is 12.3. The summed E-state index contributed by atoms with van der Waals surface area (Å²) in [5, 5.41) is 3.36. The summed E-state index contributed by atoms with van der Waals surface area (Å²) >= 11 is 1.75. The van der Waals surface area contributed by atoms with Gasteiger partial charge in [0.05, 0.1) is 16.5 Å². The van der Waals surface area contributed by atoms with Crippen molar-refractivity contribution in [1.29, 1.82) is 0 Å². The smallest absolute Gasteiger partial charge is 0.0959 e. The van der Waals surface area contributed by atoms with Crippen LogP contribution in [0.4, 0.5) is 0 Å². The lowest BCUT2D eigenvalue weighted by molar-refractivity contribution is 0.681. The van der Waals surface area contributed by atoms with Gasteiger partial charge in [-0.3, -0.25) is 4.21 Å². The van der Waals surface area contributed by atoms with Gasteiger partial charge in [-0.2, -0.15) is 0 Å². The number of aryl methyl sites for hydroxylation is 1. The Hall–Kier alpha value is -1.00. The molecule has 0 N–H and O–H groups in total. The molecule has 0 spiro atoms. The normalized spacial score (nSPS) is 17.2. The summed E-state index contributed by atoms with van der Waals surface area (Å²) in [4.78, 5) is 4.71. The molecule has 0 bridgehead atoms. The maximum Gasteiger partial charge on any atom is 0.0959 e. The van der Waals surface area contributed by atoms with Gasteiger partial charge in [0.1, 0.15) is 0 Å². The van der Waals surface area contributed by atoms with Crippen LogP contribution < -0.4 is 0 Å². The van der Waals surface area contributed by atoms with Crippen LogP contribution in [0, 0.1) is 6.92 Å². The molecule has 1 saturated carbocycles. The fourth-order valence-electron chi connectivity index (χ4n) is 2.84. The zero-order chi connectivity index (χ0) is 14.7. The Morgan fingerprint density at radius 2 is 1.90 bits per heavy atom. The third-order valence-corrected chi connectivity index (χ3v) is 6.36. The highest BCUT2D eigenvalue weighted by Gasteiger charge is 2.20. The first-order valence-corrected chi connectivity index (χ1v) is 9.92. The topological polar surface area (TPSA) is 30.0 Å². The quantitative estimate of drug-likeness (QED) is 0.809. The van der Waals surface area contributed by atoms with Crippen molar-refractivity contribution in [3.63, 3.8) is 0 Å². The molecule has 0 amide bonds. The van der Waals surface area contributed by atoms with E-state index in [0.717, 1.165) is 11.3 Å². The average Bonchev–Trinajstić information content (AvgIpc) is 3.12. The van der Waals surface area contributed by atoms with Gasteiger partial charge in [-0.1, -0.05) is 42.7 Å². The van der Waals surface area contributed by atoms with Crippen LogP contribution in [0.15, 0.2) is 29.6 Å². The van der Waals surface area contributed by atoms with Gasteiger partial charge in [0.15, 0.2) is 0 Å². The zero-order valence-corrected chi connectivity index (χ0v) is 14.0. The van der Waals surface area contributed by atoms with Crippen LogP contribution in [0.5, 0.6) is 0 Å². The summed E-state index contributed by atoms with van der Waals surface area (Å²) in [5.41, 5.74) is 3.39. The van der Waals surface area contributed by atoms with E-state index >= 15 is 0 Å². The van der Waals surface area contributed by atoms with Crippen molar-refractivity contribution in [2.75, 3.05) is 0 Å². The average molecular weight is 319 g/mol. The molecule has 21 heavy (non-hydrogen) atoms. The van der Waals surface area contributed by atoms with Gasteiger partial charge in [-0.25, -0.2) is 4.98 Å². The summed E-state index contributed by atoms with van der Waals surface area (Å²) in [6.07, 6.45) is 5.22. The Kier molecular flexibility index (Phi) is 4.86. The molecule has 4 heteroatoms. The molecule has 3 rings (SSSR count). The van der Waals surface area contributed by atoms with Crippen molar-refractivity contribution < 1.29 is 4.21 Å². The lowest BCUT2D eigenvalue weighted by Crippen LogP contribution is -2.00. The van der Waals surface area contributed by atoms with Crippen molar-refractivity contribution in [2.45, 2.75) is 50.0 Å². The van der Waals surface area contributed by atoms with Crippen LogP contribution in [-0.2, 0) is 22.3 Å². The highest BCUT2D eigenvalue weighted by molar-refractivity contribution is 7.83. The second-order valence-electron chi connectivity index (χ2n) is 5.87. The monoisotopic (exact) mass is 319 g/mol. The fraction of sp³-hybridized carbons (Fsp3) is 0.471. The first-order chi connectivity index (χ1) is 10.2. The van der Waals surface area contributed by atoms with E-state index in [2.05, 4.69) is 36.6 Å². The maximum atomic E-state index is 12.3. The van der Waals surface area contributed by atoms with E-state index < -0.39 is 10.8 Å². The Morgan fingerprint density at radius 1 is 1.19 bits per heavy atom. The van der Waals surface area contributed by atoms with Gasteiger partial charge in [0.25, 0.3) is 0 Å². The van der Waals surface area contributed by atoms with Crippen molar-refractivity contribution in [3.8, 4) is 0 Å². The van der Waals surface area contributed by atoms with Crippen molar-refractivity contribution in [2.24, 2.45) is 0 Å². The molecular weight excluding hydrogens is 298 g/mol. The minimum atomic E-state index is -0.873. The summed E-state index contributed by atoms with van der Waals surface area (Å²) in [6.45, 7) is 2.07. The van der Waals surface area contributed by atoms with Crippen molar-refractivity contribution in [3.05, 3.63) is 51.5 Å². The summed E-state index contributed by atoms with van der Waals surface area (Å²) in [6, 6.07) is 8.29. The Bertz CT molecular complexity index is 612. The van der Waals surface area contributed by atoms with Crippen LogP contribution in [0.1, 0.15) is 53.4 Å². The summed E-state index contributed by atoms with van der Waals surface area (Å²) in [7, 11) is -0.873. The second-order valence-corrected chi connectivity index (χ2v) is 8.22. The first kappa shape index (κ1) is 14.9. The Labute approximate surface area is 133 Å². The molecule has 1 fully saturated rings. The molecule has 1 aliphatic carbocycles. The van der Waals surface area contributed by atoms with Crippen LogP contribution in [0.25, 0.3) is 0 Å². The number of nitrogens with zero attached hydrogens (tertiary/aromatic N) is 1. The molecule has 1 aliphatic rings. The number of aromatic nitrogens is 1. The number of benzene rings is 1. The molecule has 0 saturated heterocycles. The first-order valence-electron chi connectivity index (χ1n) is 7.55. The number of rotatable bonds is 5. The van der Waals surface area contributed by atoms with E-state index in [0.29, 0.717) is 17.4 Å². The van der Waals surface area contributed by atoms with E-state index in [-0.39, 0.29) is 0 Å². The predicted octanol–water partition coefficient (Wildman–Crippen LogP) is 4.56. The lowest BCUT2D eigenvalue weighted by atomic mass is 10.1. The molecule has 1 aromatic heterocycles. The standard InChI is InChI=1S/C17H21NOS2/c1-13-6-8-14(9-7-13)11-21(19)12-16-10-20-17(18-16)15-4-2-3-5-15/h6-10,15H,2-5,11-12H2,1H3. The van der Waals surface area contributed by atoms with Gasteiger partial charge in [-0.15, -0.1) is 11.3 Å². The van der Waals surface area contributed by atoms with E-state index in [1.165, 1.54) is 36.3 Å². The minimum absolute atomic E-state index is 0.580. The van der Waals surface area contributed by atoms with Crippen LogP contribution in [0.2, 0.25) is 0 Å². The molecule has 1 aromatic carbocycles. The SMILES string of the molecule is Cc1ccc(CS(=O)Cc2csc(C3CCCC3)n2)cc1. The molecule has 1 atom stereocenters. The third kappa shape index (κ3) is 4.01. The highest BCUT2D eigenvalue weighted by atomic mass is 32.2. The third-order valence-electron chi connectivity index (χ3n) is 4.03. The predicted molar refractivity (Wildman–Crippen MR) is 90.1 cm³/mol. The van der Waals surface area contributed by atoms with Crippen LogP contribution >= 0.6 is 11.3 Å². The lowest BCUT2D eigenvalue weighted by Gasteiger charge is -2.03. The number of thiazole rings is 1. The molecule has 112 valence electrons. The van der Waals surface area contributed by atoms with E-state index in [4.69, 9.17) is 4.98 Å². The zero-order valence-electron chi connectivity index (χ0n) is 12.4. The van der Waals surface area contributed by atoms with Gasteiger partial charge in [-0.05, 0) is 25.3 Å². The largest absolute Gasteiger partial charge is 0.259 e. The molecule has 2 aromatic rings. The number of hydrogen-bond donors (Lipinski definition) is 0. The van der Waals surface area contributed by atoms with Crippen LogP contribution in [0.3, 0.4) is 0 Å². The van der Waals surface area contributed by atoms with Gasteiger partial charge in [0, 0.05) is 27.9 Å². The second kappa shape index (κ2) is 6.84. The fourth-order valence-corrected chi connectivity index (χ4v) is 5.08. The van der Waals surface area contributed by atoms with E-state index in [1.54, 1.807) is 11.3 Å². The highest BCUT2D eigenvalue weighted by Crippen LogP contribution is 2.35. The van der Waals surface area contributed by atoms with Crippen LogP contribution in [-0.4, -0.2) is 9.19 Å². The summed E-state index contributed by atoms with van der Waals surface area (Å²) in [5.74, 6) is 1.86. The van der Waals surface area contributed by atoms with E-state index in [9.17, 15) is 4.21 Å². The van der Waals surface area contributed by atoms with Gasteiger partial charge >= 0.3 is 0 Å². The molecule has 2 nitrogen and oxygen atoms in total. The molecule has 1 heterocycles. The van der Waals surface area contributed by atoms with Crippen molar-refractivity contribution in [1.82, 2.24) is 4.98 Å². The Balaban J connectivity index is 1.58. The van der Waals surface area contributed by atoms with Gasteiger partial charge < -0.3 is 0 Å². The van der Waals surface area contributed by atoms with Crippen molar-refractivity contribution >= 4 is 22.1 Å². The molecule has 0 radical (unpaired) electrons. The molecule has 0 aliphatic heterocycles. The van der Waals surface area contributed by atoms with E-state index in [1.807, 2.05) is 0 Å². The Morgan fingerprint density at radius 3 is 2.62 bits per heavy atom. The minimum Gasteiger partial charge on any atom is -0.259 e. The van der Waals surface area contributed by atoms with Gasteiger partial charge in [0.2, 0.25) is 0 Å². The number of hydrogen-bond acceptors (Lipinski definition) is 3. The maximum absolute atomic E-state index is 12.3. The molecular formula is C17H21NOS2.